The second-order valence-corrected chi connectivity index (χ2v) is 4.91. The minimum atomic E-state index is 0.352. The number of hydrogen-bond acceptors (Lipinski definition) is 2. The Hall–Kier alpha value is -0.830. The number of nitrogens with two attached hydrogens (primary N) is 1. The first-order chi connectivity index (χ1) is 7.36. The van der Waals surface area contributed by atoms with Gasteiger partial charge in [0.1, 0.15) is 0 Å². The van der Waals surface area contributed by atoms with E-state index >= 15 is 0 Å². The molecule has 1 aromatic heterocycles. The van der Waals surface area contributed by atoms with Crippen LogP contribution in [-0.2, 0) is 12.8 Å². The Morgan fingerprint density at radius 3 is 2.87 bits per heavy atom. The average molecular weight is 205 g/mol. The molecule has 1 fully saturated rings. The van der Waals surface area contributed by atoms with E-state index in [2.05, 4.69) is 9.55 Å². The molecule has 1 saturated carbocycles. The zero-order chi connectivity index (χ0) is 10.3. The summed E-state index contributed by atoms with van der Waals surface area (Å²) in [5, 5.41) is 0. The minimum Gasteiger partial charge on any atom is -0.330 e. The van der Waals surface area contributed by atoms with Crippen LogP contribution in [0.25, 0.3) is 0 Å². The fourth-order valence-electron chi connectivity index (χ4n) is 3.09. The summed E-state index contributed by atoms with van der Waals surface area (Å²) < 4.78 is 2.38. The Morgan fingerprint density at radius 1 is 1.20 bits per heavy atom. The zero-order valence-corrected chi connectivity index (χ0v) is 9.15. The molecule has 0 spiro atoms. The molecule has 2 aliphatic rings. The molecule has 2 unspecified atom stereocenters. The van der Waals surface area contributed by atoms with Crippen molar-refractivity contribution >= 4 is 0 Å². The van der Waals surface area contributed by atoms with Gasteiger partial charge in [0, 0.05) is 17.8 Å². The number of aryl methyl sites for hydroxylation is 1. The summed E-state index contributed by atoms with van der Waals surface area (Å²) in [5.74, 6) is 0. The SMILES string of the molecule is NC1CCCC1n1cnc2c1CCCC2. The lowest BCUT2D eigenvalue weighted by molar-refractivity contribution is 0.442. The summed E-state index contributed by atoms with van der Waals surface area (Å²) in [6, 6.07) is 0.879. The fraction of sp³-hybridized carbons (Fsp3) is 0.750. The van der Waals surface area contributed by atoms with Gasteiger partial charge in [-0.2, -0.15) is 0 Å². The van der Waals surface area contributed by atoms with Gasteiger partial charge in [0.15, 0.2) is 0 Å². The summed E-state index contributed by atoms with van der Waals surface area (Å²) in [7, 11) is 0. The standard InChI is InChI=1S/C12H19N3/c13-9-4-3-7-11(9)15-8-14-10-5-1-2-6-12(10)15/h8-9,11H,1-7,13H2. The molecule has 2 atom stereocenters. The molecule has 0 bridgehead atoms. The first-order valence-corrected chi connectivity index (χ1v) is 6.16. The van der Waals surface area contributed by atoms with Crippen molar-refractivity contribution in [2.45, 2.75) is 57.0 Å². The quantitative estimate of drug-likeness (QED) is 0.760. The lowest BCUT2D eigenvalue weighted by Gasteiger charge is -2.22. The Balaban J connectivity index is 1.94. The van der Waals surface area contributed by atoms with Crippen molar-refractivity contribution in [3.05, 3.63) is 17.7 Å². The highest BCUT2D eigenvalue weighted by Gasteiger charge is 2.28. The molecule has 15 heavy (non-hydrogen) atoms. The molecule has 3 rings (SSSR count). The molecule has 0 radical (unpaired) electrons. The lowest BCUT2D eigenvalue weighted by atomic mass is 10.0. The fourth-order valence-corrected chi connectivity index (χ4v) is 3.09. The number of hydrogen-bond donors (Lipinski definition) is 1. The highest BCUT2D eigenvalue weighted by molar-refractivity contribution is 5.18. The normalized spacial score (nSPS) is 30.5. The van der Waals surface area contributed by atoms with Gasteiger partial charge in [-0.25, -0.2) is 4.98 Å². The van der Waals surface area contributed by atoms with Crippen LogP contribution in [0.1, 0.15) is 49.5 Å². The second kappa shape index (κ2) is 3.63. The molecule has 0 aliphatic heterocycles. The Morgan fingerprint density at radius 2 is 2.07 bits per heavy atom. The summed E-state index contributed by atoms with van der Waals surface area (Å²) in [5.41, 5.74) is 8.96. The highest BCUT2D eigenvalue weighted by atomic mass is 15.1. The van der Waals surface area contributed by atoms with Crippen LogP contribution < -0.4 is 5.73 Å². The van der Waals surface area contributed by atoms with E-state index in [0.29, 0.717) is 12.1 Å². The molecule has 2 N–H and O–H groups in total. The van der Waals surface area contributed by atoms with E-state index in [4.69, 9.17) is 5.73 Å². The van der Waals surface area contributed by atoms with Crippen molar-refractivity contribution in [2.75, 3.05) is 0 Å². The van der Waals surface area contributed by atoms with Gasteiger partial charge in [0.05, 0.1) is 12.0 Å². The monoisotopic (exact) mass is 205 g/mol. The first-order valence-electron chi connectivity index (χ1n) is 6.16. The highest BCUT2D eigenvalue weighted by Crippen LogP contribution is 2.32. The number of rotatable bonds is 1. The molecule has 3 heteroatoms. The van der Waals surface area contributed by atoms with Gasteiger partial charge in [-0.1, -0.05) is 0 Å². The summed E-state index contributed by atoms with van der Waals surface area (Å²) >= 11 is 0. The van der Waals surface area contributed by atoms with Crippen molar-refractivity contribution in [3.63, 3.8) is 0 Å². The molecule has 0 aromatic carbocycles. The first kappa shape index (κ1) is 9.40. The average Bonchev–Trinajstić information content (AvgIpc) is 2.83. The molecule has 0 amide bonds. The third-order valence-electron chi connectivity index (χ3n) is 3.95. The number of fused-ring (bicyclic) bond motifs is 1. The predicted molar refractivity (Wildman–Crippen MR) is 59.7 cm³/mol. The van der Waals surface area contributed by atoms with Gasteiger partial charge in [-0.15, -0.1) is 0 Å². The van der Waals surface area contributed by atoms with Crippen LogP contribution in [0.5, 0.6) is 0 Å². The van der Waals surface area contributed by atoms with Crippen LogP contribution in [-0.4, -0.2) is 15.6 Å². The topological polar surface area (TPSA) is 43.8 Å². The van der Waals surface area contributed by atoms with Crippen molar-refractivity contribution in [1.82, 2.24) is 9.55 Å². The molecule has 1 aromatic rings. The lowest BCUT2D eigenvalue weighted by Crippen LogP contribution is -2.28. The number of nitrogens with zero attached hydrogens (tertiary/aromatic N) is 2. The predicted octanol–water partition coefficient (Wildman–Crippen LogP) is 1.81. The largest absolute Gasteiger partial charge is 0.330 e. The van der Waals surface area contributed by atoms with Crippen LogP contribution in [0.4, 0.5) is 0 Å². The second-order valence-electron chi connectivity index (χ2n) is 4.91. The summed E-state index contributed by atoms with van der Waals surface area (Å²) in [4.78, 5) is 4.54. The molecule has 82 valence electrons. The van der Waals surface area contributed by atoms with Gasteiger partial charge in [-0.05, 0) is 44.9 Å². The third-order valence-corrected chi connectivity index (χ3v) is 3.95. The molecule has 1 heterocycles. The van der Waals surface area contributed by atoms with E-state index in [0.717, 1.165) is 0 Å². The van der Waals surface area contributed by atoms with E-state index in [-0.39, 0.29) is 0 Å². The summed E-state index contributed by atoms with van der Waals surface area (Å²) in [6.07, 6.45) is 10.7. The van der Waals surface area contributed by atoms with Gasteiger partial charge in [-0.3, -0.25) is 0 Å². The van der Waals surface area contributed by atoms with Crippen LogP contribution in [0, 0.1) is 0 Å². The van der Waals surface area contributed by atoms with Gasteiger partial charge in [0.25, 0.3) is 0 Å². The van der Waals surface area contributed by atoms with Crippen LogP contribution in [0.3, 0.4) is 0 Å². The smallest absolute Gasteiger partial charge is 0.0954 e. The Labute approximate surface area is 90.7 Å². The van der Waals surface area contributed by atoms with E-state index in [1.165, 1.54) is 56.3 Å². The molecular weight excluding hydrogens is 186 g/mol. The van der Waals surface area contributed by atoms with Crippen molar-refractivity contribution < 1.29 is 0 Å². The van der Waals surface area contributed by atoms with E-state index < -0.39 is 0 Å². The molecule has 2 aliphatic carbocycles. The molecule has 3 nitrogen and oxygen atoms in total. The van der Waals surface area contributed by atoms with Crippen LogP contribution in [0.15, 0.2) is 6.33 Å². The maximum absolute atomic E-state index is 6.15. The van der Waals surface area contributed by atoms with Crippen LogP contribution >= 0.6 is 0 Å². The molecule has 0 saturated heterocycles. The van der Waals surface area contributed by atoms with Gasteiger partial charge < -0.3 is 10.3 Å². The summed E-state index contributed by atoms with van der Waals surface area (Å²) in [6.45, 7) is 0. The van der Waals surface area contributed by atoms with Crippen LogP contribution in [0.2, 0.25) is 0 Å². The minimum absolute atomic E-state index is 0.352. The van der Waals surface area contributed by atoms with E-state index in [1.54, 1.807) is 0 Å². The molecular formula is C12H19N3. The van der Waals surface area contributed by atoms with E-state index in [1.807, 2.05) is 6.33 Å². The van der Waals surface area contributed by atoms with Gasteiger partial charge >= 0.3 is 0 Å². The van der Waals surface area contributed by atoms with Gasteiger partial charge in [0.2, 0.25) is 0 Å². The Kier molecular flexibility index (Phi) is 2.28. The van der Waals surface area contributed by atoms with Crippen molar-refractivity contribution in [3.8, 4) is 0 Å². The maximum Gasteiger partial charge on any atom is 0.0954 e. The Bertz CT molecular complexity index is 356. The maximum atomic E-state index is 6.15. The van der Waals surface area contributed by atoms with Crippen molar-refractivity contribution in [2.24, 2.45) is 5.73 Å². The third kappa shape index (κ3) is 1.49. The van der Waals surface area contributed by atoms with Crippen molar-refractivity contribution in [1.29, 1.82) is 0 Å². The number of aromatic nitrogens is 2. The van der Waals surface area contributed by atoms with E-state index in [9.17, 15) is 0 Å². The number of imidazole rings is 1. The zero-order valence-electron chi connectivity index (χ0n) is 9.15.